The molecule has 3 nitrogen and oxygen atoms in total. The Labute approximate surface area is 134 Å². The molecule has 0 aliphatic heterocycles. The molecule has 1 aliphatic carbocycles. The molecule has 0 spiro atoms. The van der Waals surface area contributed by atoms with E-state index < -0.39 is 0 Å². The number of thiocyanates is 1. The SMILES string of the molecule is N#CSc1ccc(NC(=O)C2(c3ccccc3)CCC2)cc1. The number of hydrogen-bond donors (Lipinski definition) is 1. The van der Waals surface area contributed by atoms with Crippen LogP contribution in [0.1, 0.15) is 24.8 Å². The van der Waals surface area contributed by atoms with E-state index in [9.17, 15) is 4.79 Å². The number of nitrogens with one attached hydrogen (secondary N) is 1. The van der Waals surface area contributed by atoms with Gasteiger partial charge >= 0.3 is 0 Å². The normalized spacial score (nSPS) is 15.4. The summed E-state index contributed by atoms with van der Waals surface area (Å²) in [5, 5.41) is 13.7. The Hall–Kier alpha value is -2.25. The van der Waals surface area contributed by atoms with Crippen LogP contribution in [0.25, 0.3) is 0 Å². The molecule has 0 radical (unpaired) electrons. The third-order valence-corrected chi connectivity index (χ3v) is 4.84. The van der Waals surface area contributed by atoms with Gasteiger partial charge in [0.15, 0.2) is 0 Å². The van der Waals surface area contributed by atoms with E-state index in [-0.39, 0.29) is 11.3 Å². The first kappa shape index (κ1) is 14.7. The van der Waals surface area contributed by atoms with Crippen molar-refractivity contribution in [3.63, 3.8) is 0 Å². The molecule has 2 aromatic carbocycles. The molecule has 22 heavy (non-hydrogen) atoms. The molecule has 1 fully saturated rings. The summed E-state index contributed by atoms with van der Waals surface area (Å²) in [4.78, 5) is 13.6. The Morgan fingerprint density at radius 1 is 1.09 bits per heavy atom. The first-order chi connectivity index (χ1) is 10.7. The molecule has 3 rings (SSSR count). The fourth-order valence-corrected chi connectivity index (χ4v) is 3.22. The van der Waals surface area contributed by atoms with Crippen LogP contribution in [0.5, 0.6) is 0 Å². The number of hydrogen-bond acceptors (Lipinski definition) is 3. The minimum absolute atomic E-state index is 0.0608. The van der Waals surface area contributed by atoms with E-state index in [0.29, 0.717) is 0 Å². The highest BCUT2D eigenvalue weighted by Gasteiger charge is 2.45. The van der Waals surface area contributed by atoms with Crippen LogP contribution in [0, 0.1) is 10.7 Å². The van der Waals surface area contributed by atoms with Crippen molar-refractivity contribution in [2.24, 2.45) is 0 Å². The third kappa shape index (κ3) is 2.72. The monoisotopic (exact) mass is 308 g/mol. The third-order valence-electron chi connectivity index (χ3n) is 4.24. The summed E-state index contributed by atoms with van der Waals surface area (Å²) in [6.07, 6.45) is 2.87. The lowest BCUT2D eigenvalue weighted by atomic mass is 9.64. The maximum absolute atomic E-state index is 12.8. The quantitative estimate of drug-likeness (QED) is 0.676. The molecular formula is C18H16N2OS. The van der Waals surface area contributed by atoms with Crippen LogP contribution >= 0.6 is 11.8 Å². The standard InChI is InChI=1S/C18H16N2OS/c19-13-22-16-9-7-15(8-10-16)20-17(21)18(11-4-12-18)14-5-2-1-3-6-14/h1-3,5-10H,4,11-12H2,(H,20,21). The smallest absolute Gasteiger partial charge is 0.235 e. The Morgan fingerprint density at radius 3 is 2.32 bits per heavy atom. The molecule has 1 aliphatic rings. The number of nitriles is 1. The van der Waals surface area contributed by atoms with Gasteiger partial charge in [-0.3, -0.25) is 4.79 Å². The number of amides is 1. The second kappa shape index (κ2) is 6.25. The van der Waals surface area contributed by atoms with E-state index >= 15 is 0 Å². The molecule has 1 N–H and O–H groups in total. The molecule has 4 heteroatoms. The van der Waals surface area contributed by atoms with Crippen LogP contribution in [-0.4, -0.2) is 5.91 Å². The molecule has 1 saturated carbocycles. The van der Waals surface area contributed by atoms with Crippen molar-refractivity contribution in [1.29, 1.82) is 5.26 Å². The predicted octanol–water partition coefficient (Wildman–Crippen LogP) is 4.32. The maximum atomic E-state index is 12.8. The van der Waals surface area contributed by atoms with Crippen LogP contribution in [0.2, 0.25) is 0 Å². The van der Waals surface area contributed by atoms with E-state index in [1.807, 2.05) is 60.0 Å². The number of anilines is 1. The largest absolute Gasteiger partial charge is 0.325 e. The minimum Gasteiger partial charge on any atom is -0.325 e. The van der Waals surface area contributed by atoms with Gasteiger partial charge in [0.25, 0.3) is 0 Å². The van der Waals surface area contributed by atoms with Gasteiger partial charge in [-0.05, 0) is 54.4 Å². The maximum Gasteiger partial charge on any atom is 0.235 e. The van der Waals surface area contributed by atoms with Gasteiger partial charge in [-0.2, -0.15) is 5.26 Å². The molecule has 1 amide bonds. The molecule has 0 saturated heterocycles. The summed E-state index contributed by atoms with van der Waals surface area (Å²) >= 11 is 1.11. The van der Waals surface area contributed by atoms with Gasteiger partial charge in [0.05, 0.1) is 5.41 Å². The summed E-state index contributed by atoms with van der Waals surface area (Å²) in [7, 11) is 0. The Balaban J connectivity index is 1.77. The van der Waals surface area contributed by atoms with Crippen LogP contribution < -0.4 is 5.32 Å². The Kier molecular flexibility index (Phi) is 4.17. The zero-order chi connectivity index (χ0) is 15.4. The van der Waals surface area contributed by atoms with Gasteiger partial charge in [-0.1, -0.05) is 36.8 Å². The summed E-state index contributed by atoms with van der Waals surface area (Å²) in [6, 6.07) is 17.4. The molecule has 0 unspecified atom stereocenters. The van der Waals surface area contributed by atoms with Crippen molar-refractivity contribution in [1.82, 2.24) is 0 Å². The van der Waals surface area contributed by atoms with Gasteiger partial charge in [0.1, 0.15) is 5.40 Å². The van der Waals surface area contributed by atoms with Crippen molar-refractivity contribution in [3.8, 4) is 5.40 Å². The molecule has 0 aromatic heterocycles. The van der Waals surface area contributed by atoms with E-state index in [1.54, 1.807) is 0 Å². The summed E-state index contributed by atoms with van der Waals surface area (Å²) in [6.45, 7) is 0. The molecular weight excluding hydrogens is 292 g/mol. The Morgan fingerprint density at radius 2 is 1.77 bits per heavy atom. The second-order valence-corrected chi connectivity index (χ2v) is 6.33. The topological polar surface area (TPSA) is 52.9 Å². The highest BCUT2D eigenvalue weighted by molar-refractivity contribution is 8.03. The van der Waals surface area contributed by atoms with Crippen LogP contribution in [0.15, 0.2) is 59.5 Å². The fourth-order valence-electron chi connectivity index (χ4n) is 2.84. The number of nitrogens with zero attached hydrogens (tertiary/aromatic N) is 1. The van der Waals surface area contributed by atoms with Crippen molar-refractivity contribution < 1.29 is 4.79 Å². The molecule has 0 atom stereocenters. The molecule has 2 aromatic rings. The number of thioether (sulfide) groups is 1. The number of rotatable bonds is 4. The summed E-state index contributed by atoms with van der Waals surface area (Å²) in [5.74, 6) is 0.0608. The first-order valence-corrected chi connectivity index (χ1v) is 8.09. The van der Waals surface area contributed by atoms with Gasteiger partial charge in [0, 0.05) is 10.6 Å². The van der Waals surface area contributed by atoms with Crippen molar-refractivity contribution in [2.75, 3.05) is 5.32 Å². The van der Waals surface area contributed by atoms with Gasteiger partial charge < -0.3 is 5.32 Å². The van der Waals surface area contributed by atoms with E-state index in [1.165, 1.54) is 0 Å². The molecule has 110 valence electrons. The minimum atomic E-state index is -0.388. The van der Waals surface area contributed by atoms with Crippen LogP contribution in [-0.2, 0) is 10.2 Å². The lowest BCUT2D eigenvalue weighted by Gasteiger charge is -2.40. The molecule has 0 heterocycles. The van der Waals surface area contributed by atoms with Crippen molar-refractivity contribution >= 4 is 23.4 Å². The zero-order valence-electron chi connectivity index (χ0n) is 12.1. The highest BCUT2D eigenvalue weighted by Crippen LogP contribution is 2.44. The highest BCUT2D eigenvalue weighted by atomic mass is 32.2. The fraction of sp³-hybridized carbons (Fsp3) is 0.222. The molecule has 0 bridgehead atoms. The van der Waals surface area contributed by atoms with Crippen molar-refractivity contribution in [3.05, 3.63) is 60.2 Å². The van der Waals surface area contributed by atoms with Crippen LogP contribution in [0.4, 0.5) is 5.69 Å². The lowest BCUT2D eigenvalue weighted by Crippen LogP contribution is -2.45. The zero-order valence-corrected chi connectivity index (χ0v) is 12.9. The average molecular weight is 308 g/mol. The average Bonchev–Trinajstić information content (AvgIpc) is 2.49. The number of carbonyl (C=O) groups excluding carboxylic acids is 1. The van der Waals surface area contributed by atoms with Gasteiger partial charge in [-0.15, -0.1) is 0 Å². The van der Waals surface area contributed by atoms with E-state index in [2.05, 4.69) is 5.32 Å². The first-order valence-electron chi connectivity index (χ1n) is 7.28. The lowest BCUT2D eigenvalue weighted by molar-refractivity contribution is -0.124. The van der Waals surface area contributed by atoms with Crippen molar-refractivity contribution in [2.45, 2.75) is 29.6 Å². The number of carbonyl (C=O) groups is 1. The Bertz CT molecular complexity index is 700. The van der Waals surface area contributed by atoms with Gasteiger partial charge in [-0.25, -0.2) is 0 Å². The predicted molar refractivity (Wildman–Crippen MR) is 88.5 cm³/mol. The number of benzene rings is 2. The summed E-state index contributed by atoms with van der Waals surface area (Å²) < 4.78 is 0. The van der Waals surface area contributed by atoms with Gasteiger partial charge in [0.2, 0.25) is 5.91 Å². The van der Waals surface area contributed by atoms with Crippen LogP contribution in [0.3, 0.4) is 0 Å². The second-order valence-electron chi connectivity index (χ2n) is 5.47. The van der Waals surface area contributed by atoms with E-state index in [0.717, 1.165) is 47.2 Å². The van der Waals surface area contributed by atoms with E-state index in [4.69, 9.17) is 5.26 Å². The summed E-state index contributed by atoms with van der Waals surface area (Å²) in [5.41, 5.74) is 1.48.